The molecular weight excluding hydrogens is 305 g/mol. The molecule has 1 saturated heterocycles. The molecule has 1 fully saturated rings. The van der Waals surface area contributed by atoms with E-state index < -0.39 is 5.97 Å². The number of halogens is 2. The summed E-state index contributed by atoms with van der Waals surface area (Å²) in [5.41, 5.74) is 1.10. The average Bonchev–Trinajstić information content (AvgIpc) is 2.72. The third-order valence-corrected chi connectivity index (χ3v) is 4.03. The zero-order valence-electron chi connectivity index (χ0n) is 9.20. The molecule has 17 heavy (non-hydrogen) atoms. The monoisotopic (exact) mass is 317 g/mol. The quantitative estimate of drug-likeness (QED) is 0.931. The molecule has 0 aromatic heterocycles. The Balaban J connectivity index is 2.02. The maximum Gasteiger partial charge on any atom is 0.307 e. The van der Waals surface area contributed by atoms with Crippen LogP contribution < -0.4 is 0 Å². The van der Waals surface area contributed by atoms with Crippen molar-refractivity contribution >= 4 is 33.5 Å². The first-order chi connectivity index (χ1) is 8.06. The van der Waals surface area contributed by atoms with E-state index >= 15 is 0 Å². The van der Waals surface area contributed by atoms with Crippen molar-refractivity contribution in [2.24, 2.45) is 5.92 Å². The molecule has 5 heteroatoms. The molecule has 92 valence electrons. The summed E-state index contributed by atoms with van der Waals surface area (Å²) in [5.74, 6) is -0.925. The summed E-state index contributed by atoms with van der Waals surface area (Å²) in [4.78, 5) is 13.0. The van der Waals surface area contributed by atoms with Crippen molar-refractivity contribution in [3.8, 4) is 0 Å². The van der Waals surface area contributed by atoms with E-state index in [0.29, 0.717) is 11.6 Å². The van der Waals surface area contributed by atoms with E-state index in [9.17, 15) is 4.79 Å². The van der Waals surface area contributed by atoms with Crippen LogP contribution in [0.15, 0.2) is 22.7 Å². The van der Waals surface area contributed by atoms with Gasteiger partial charge in [-0.3, -0.25) is 9.69 Å². The van der Waals surface area contributed by atoms with Gasteiger partial charge in [-0.25, -0.2) is 0 Å². The van der Waals surface area contributed by atoms with Gasteiger partial charge < -0.3 is 5.11 Å². The van der Waals surface area contributed by atoms with Crippen molar-refractivity contribution < 1.29 is 9.90 Å². The fourth-order valence-electron chi connectivity index (χ4n) is 2.08. The largest absolute Gasteiger partial charge is 0.481 e. The second-order valence-corrected chi connectivity index (χ2v) is 5.59. The summed E-state index contributed by atoms with van der Waals surface area (Å²) in [6.45, 7) is 2.19. The molecule has 1 aromatic carbocycles. The zero-order chi connectivity index (χ0) is 12.4. The van der Waals surface area contributed by atoms with Crippen LogP contribution in [0.2, 0.25) is 5.02 Å². The van der Waals surface area contributed by atoms with Gasteiger partial charge in [0.2, 0.25) is 0 Å². The number of aliphatic carboxylic acids is 1. The van der Waals surface area contributed by atoms with E-state index in [4.69, 9.17) is 16.7 Å². The Morgan fingerprint density at radius 2 is 2.35 bits per heavy atom. The molecule has 0 aliphatic carbocycles. The smallest absolute Gasteiger partial charge is 0.307 e. The van der Waals surface area contributed by atoms with Crippen LogP contribution in [0.4, 0.5) is 0 Å². The summed E-state index contributed by atoms with van der Waals surface area (Å²) >= 11 is 9.43. The molecule has 0 spiro atoms. The Kier molecular flexibility index (Phi) is 4.07. The first-order valence-electron chi connectivity index (χ1n) is 5.45. The Morgan fingerprint density at radius 3 is 3.00 bits per heavy atom. The first kappa shape index (κ1) is 12.9. The normalized spacial score (nSPS) is 20.7. The zero-order valence-corrected chi connectivity index (χ0v) is 11.5. The summed E-state index contributed by atoms with van der Waals surface area (Å²) < 4.78 is 1.01. The molecule has 1 atom stereocenters. The third kappa shape index (κ3) is 3.21. The van der Waals surface area contributed by atoms with Gasteiger partial charge in [0.1, 0.15) is 0 Å². The fourth-order valence-corrected chi connectivity index (χ4v) is 2.65. The Bertz CT molecular complexity index is 439. The minimum atomic E-state index is -0.697. The highest BCUT2D eigenvalue weighted by atomic mass is 79.9. The van der Waals surface area contributed by atoms with Gasteiger partial charge in [-0.15, -0.1) is 0 Å². The first-order valence-corrected chi connectivity index (χ1v) is 6.62. The van der Waals surface area contributed by atoms with Crippen molar-refractivity contribution in [3.63, 3.8) is 0 Å². The fraction of sp³-hybridized carbons (Fsp3) is 0.417. The lowest BCUT2D eigenvalue weighted by Crippen LogP contribution is -2.22. The van der Waals surface area contributed by atoms with E-state index in [-0.39, 0.29) is 5.92 Å². The number of carboxylic acid groups (broad SMARTS) is 1. The van der Waals surface area contributed by atoms with Crippen LogP contribution in [0, 0.1) is 5.92 Å². The maximum atomic E-state index is 10.9. The number of carboxylic acids is 1. The minimum Gasteiger partial charge on any atom is -0.481 e. The lowest BCUT2D eigenvalue weighted by atomic mass is 10.1. The van der Waals surface area contributed by atoms with Gasteiger partial charge in [-0.2, -0.15) is 0 Å². The van der Waals surface area contributed by atoms with E-state index in [0.717, 1.165) is 29.5 Å². The highest BCUT2D eigenvalue weighted by molar-refractivity contribution is 9.10. The molecule has 2 rings (SSSR count). The molecule has 1 heterocycles. The van der Waals surface area contributed by atoms with Crippen molar-refractivity contribution in [2.75, 3.05) is 13.1 Å². The molecule has 0 radical (unpaired) electrons. The van der Waals surface area contributed by atoms with Crippen LogP contribution in [-0.2, 0) is 11.3 Å². The number of hydrogen-bond acceptors (Lipinski definition) is 2. The Labute approximate surface area is 114 Å². The summed E-state index contributed by atoms with van der Waals surface area (Å²) in [6, 6.07) is 5.67. The van der Waals surface area contributed by atoms with Gasteiger partial charge in [0.15, 0.2) is 0 Å². The minimum absolute atomic E-state index is 0.229. The van der Waals surface area contributed by atoms with Gasteiger partial charge in [-0.05, 0) is 36.7 Å². The molecule has 0 amide bonds. The molecule has 0 bridgehead atoms. The topological polar surface area (TPSA) is 40.5 Å². The number of nitrogens with zero attached hydrogens (tertiary/aromatic N) is 1. The molecule has 1 aliphatic rings. The molecule has 0 saturated carbocycles. The van der Waals surface area contributed by atoms with Gasteiger partial charge >= 0.3 is 5.97 Å². The van der Waals surface area contributed by atoms with Crippen LogP contribution in [0.3, 0.4) is 0 Å². The van der Waals surface area contributed by atoms with Crippen LogP contribution in [0.1, 0.15) is 12.0 Å². The average molecular weight is 319 g/mol. The van der Waals surface area contributed by atoms with Crippen LogP contribution in [-0.4, -0.2) is 29.1 Å². The van der Waals surface area contributed by atoms with Crippen LogP contribution in [0.5, 0.6) is 0 Å². The van der Waals surface area contributed by atoms with Gasteiger partial charge in [0.05, 0.1) is 5.92 Å². The lowest BCUT2D eigenvalue weighted by Gasteiger charge is -2.16. The van der Waals surface area contributed by atoms with Crippen molar-refractivity contribution in [2.45, 2.75) is 13.0 Å². The van der Waals surface area contributed by atoms with Gasteiger partial charge in [0.25, 0.3) is 0 Å². The van der Waals surface area contributed by atoms with Crippen molar-refractivity contribution in [1.29, 1.82) is 0 Å². The highest BCUT2D eigenvalue weighted by Gasteiger charge is 2.27. The molecule has 1 N–H and O–H groups in total. The van der Waals surface area contributed by atoms with Gasteiger partial charge in [-0.1, -0.05) is 27.5 Å². The molecule has 1 aromatic rings. The Morgan fingerprint density at radius 1 is 1.59 bits per heavy atom. The predicted molar refractivity (Wildman–Crippen MR) is 70.2 cm³/mol. The third-order valence-electron chi connectivity index (χ3n) is 3.02. The Hall–Kier alpha value is -0.580. The van der Waals surface area contributed by atoms with E-state index in [1.807, 2.05) is 18.2 Å². The van der Waals surface area contributed by atoms with E-state index in [2.05, 4.69) is 20.8 Å². The second-order valence-electron chi connectivity index (χ2n) is 4.29. The molecular formula is C12H13BrClNO2. The number of likely N-dealkylation sites (tertiary alicyclic amines) is 1. The maximum absolute atomic E-state index is 10.9. The van der Waals surface area contributed by atoms with Crippen LogP contribution in [0.25, 0.3) is 0 Å². The molecule has 3 nitrogen and oxygen atoms in total. The lowest BCUT2D eigenvalue weighted by molar-refractivity contribution is -0.141. The molecule has 1 aliphatic heterocycles. The van der Waals surface area contributed by atoms with E-state index in [1.54, 1.807) is 0 Å². The SMILES string of the molecule is O=C(O)C1CCN(Cc2cc(Cl)ccc2Br)C1. The molecule has 1 unspecified atom stereocenters. The predicted octanol–water partition coefficient (Wildman–Crippen LogP) is 3.01. The number of rotatable bonds is 3. The van der Waals surface area contributed by atoms with Crippen molar-refractivity contribution in [1.82, 2.24) is 4.90 Å². The number of hydrogen-bond donors (Lipinski definition) is 1. The summed E-state index contributed by atoms with van der Waals surface area (Å²) in [7, 11) is 0. The summed E-state index contributed by atoms with van der Waals surface area (Å²) in [5, 5.41) is 9.64. The van der Waals surface area contributed by atoms with Crippen LogP contribution >= 0.6 is 27.5 Å². The number of benzene rings is 1. The second kappa shape index (κ2) is 5.38. The van der Waals surface area contributed by atoms with Crippen molar-refractivity contribution in [3.05, 3.63) is 33.3 Å². The van der Waals surface area contributed by atoms with Gasteiger partial charge in [0, 0.05) is 22.6 Å². The highest BCUT2D eigenvalue weighted by Crippen LogP contribution is 2.25. The standard InChI is InChI=1S/C12H13BrClNO2/c13-11-2-1-10(14)5-9(11)7-15-4-3-8(6-15)12(16)17/h1-2,5,8H,3-4,6-7H2,(H,16,17). The van der Waals surface area contributed by atoms with E-state index in [1.165, 1.54) is 0 Å². The summed E-state index contributed by atoms with van der Waals surface area (Å²) in [6.07, 6.45) is 0.730. The number of carbonyl (C=O) groups is 1.